The first kappa shape index (κ1) is 17.6. The first-order chi connectivity index (χ1) is 13.7. The molecule has 0 bridgehead atoms. The minimum absolute atomic E-state index is 0.0827. The summed E-state index contributed by atoms with van der Waals surface area (Å²) in [6, 6.07) is 15.1. The van der Waals surface area contributed by atoms with E-state index in [0.29, 0.717) is 23.4 Å². The fourth-order valence-corrected chi connectivity index (χ4v) is 2.94. The summed E-state index contributed by atoms with van der Waals surface area (Å²) in [6.45, 7) is 4.30. The second-order valence-electron chi connectivity index (χ2n) is 6.20. The van der Waals surface area contributed by atoms with E-state index in [2.05, 4.69) is 25.6 Å². The number of hydrogen-bond donors (Lipinski definition) is 1. The third-order valence-electron chi connectivity index (χ3n) is 4.47. The van der Waals surface area contributed by atoms with Crippen molar-refractivity contribution in [3.63, 3.8) is 0 Å². The third-order valence-corrected chi connectivity index (χ3v) is 4.47. The Hall–Kier alpha value is -3.81. The van der Waals surface area contributed by atoms with Gasteiger partial charge in [-0.25, -0.2) is 20.1 Å². The van der Waals surface area contributed by atoms with Crippen LogP contribution in [-0.2, 0) is 6.54 Å². The molecule has 2 aromatic heterocycles. The van der Waals surface area contributed by atoms with Gasteiger partial charge in [0.2, 0.25) is 5.95 Å². The lowest BCUT2D eigenvalue weighted by Gasteiger charge is -2.11. The van der Waals surface area contributed by atoms with Crippen molar-refractivity contribution in [3.05, 3.63) is 77.1 Å². The van der Waals surface area contributed by atoms with Crippen molar-refractivity contribution in [1.29, 1.82) is 0 Å². The lowest BCUT2D eigenvalue weighted by Crippen LogP contribution is -2.23. The number of hydrogen-bond acceptors (Lipinski definition) is 6. The first-order valence-electron chi connectivity index (χ1n) is 8.92. The number of para-hydroxylation sites is 1. The summed E-state index contributed by atoms with van der Waals surface area (Å²) in [4.78, 5) is 21.2. The number of nitrogens with zero attached hydrogens (tertiary/aromatic N) is 6. The van der Waals surface area contributed by atoms with E-state index in [1.807, 2.05) is 56.3 Å². The highest BCUT2D eigenvalue weighted by Crippen LogP contribution is 2.12. The van der Waals surface area contributed by atoms with Gasteiger partial charge in [0.25, 0.3) is 5.56 Å². The molecular weight excluding hydrogens is 354 g/mol. The van der Waals surface area contributed by atoms with Crippen LogP contribution in [0.15, 0.2) is 71.1 Å². The van der Waals surface area contributed by atoms with Crippen LogP contribution in [0.2, 0.25) is 0 Å². The molecular formula is C20H19N7O. The van der Waals surface area contributed by atoms with Gasteiger partial charge in [-0.15, -0.1) is 0 Å². The van der Waals surface area contributed by atoms with E-state index in [4.69, 9.17) is 0 Å². The van der Waals surface area contributed by atoms with Crippen molar-refractivity contribution >= 4 is 22.6 Å². The highest BCUT2D eigenvalue weighted by Gasteiger charge is 2.09. The summed E-state index contributed by atoms with van der Waals surface area (Å²) in [7, 11) is 0. The van der Waals surface area contributed by atoms with Gasteiger partial charge in [0.05, 0.1) is 22.3 Å². The molecule has 0 aliphatic heterocycles. The Morgan fingerprint density at radius 2 is 1.93 bits per heavy atom. The molecule has 0 saturated carbocycles. The topological polar surface area (TPSA) is 90.0 Å². The van der Waals surface area contributed by atoms with E-state index in [9.17, 15) is 4.79 Å². The minimum Gasteiger partial charge on any atom is -0.277 e. The molecule has 2 heterocycles. The molecule has 0 aliphatic carbocycles. The van der Waals surface area contributed by atoms with E-state index >= 15 is 0 Å². The zero-order valence-corrected chi connectivity index (χ0v) is 15.6. The molecule has 1 N–H and O–H groups in total. The number of nitrogens with one attached hydrogen (secondary N) is 1. The molecule has 28 heavy (non-hydrogen) atoms. The number of rotatable bonds is 5. The lowest BCUT2D eigenvalue weighted by atomic mass is 10.1. The maximum atomic E-state index is 12.7. The minimum atomic E-state index is -0.0827. The van der Waals surface area contributed by atoms with Gasteiger partial charge in [0.15, 0.2) is 0 Å². The van der Waals surface area contributed by atoms with Crippen LogP contribution in [0.5, 0.6) is 0 Å². The zero-order chi connectivity index (χ0) is 19.5. The van der Waals surface area contributed by atoms with Crippen LogP contribution in [0, 0.1) is 0 Å². The average Bonchev–Trinajstić information content (AvgIpc) is 3.27. The molecule has 0 fully saturated rings. The third kappa shape index (κ3) is 3.27. The Balaban J connectivity index is 1.62. The highest BCUT2D eigenvalue weighted by atomic mass is 16.1. The number of aromatic nitrogens is 5. The molecule has 0 saturated heterocycles. The SMILES string of the molecule is CCn1c(N/N=C(/C)c2ccc(-n3cncn3)cc2)nc2ccccc2c1=O. The quantitative estimate of drug-likeness (QED) is 0.429. The van der Waals surface area contributed by atoms with Gasteiger partial charge in [0, 0.05) is 6.54 Å². The van der Waals surface area contributed by atoms with Crippen LogP contribution in [0.1, 0.15) is 19.4 Å². The van der Waals surface area contributed by atoms with Gasteiger partial charge >= 0.3 is 0 Å². The summed E-state index contributed by atoms with van der Waals surface area (Å²) in [6.07, 6.45) is 3.14. The molecule has 0 unspecified atom stereocenters. The fraction of sp³-hybridized carbons (Fsp3) is 0.150. The smallest absolute Gasteiger partial charge is 0.262 e. The Morgan fingerprint density at radius 3 is 2.64 bits per heavy atom. The van der Waals surface area contributed by atoms with E-state index in [0.717, 1.165) is 17.0 Å². The molecule has 2 aromatic carbocycles. The molecule has 8 heteroatoms. The predicted octanol–water partition coefficient (Wildman–Crippen LogP) is 2.83. The highest BCUT2D eigenvalue weighted by molar-refractivity contribution is 5.99. The maximum Gasteiger partial charge on any atom is 0.262 e. The van der Waals surface area contributed by atoms with Crippen molar-refractivity contribution in [2.75, 3.05) is 5.43 Å². The molecule has 0 spiro atoms. The molecule has 140 valence electrons. The van der Waals surface area contributed by atoms with Crippen molar-refractivity contribution in [3.8, 4) is 5.69 Å². The van der Waals surface area contributed by atoms with Crippen LogP contribution in [0.4, 0.5) is 5.95 Å². The second kappa shape index (κ2) is 7.43. The van der Waals surface area contributed by atoms with Crippen LogP contribution < -0.4 is 11.0 Å². The van der Waals surface area contributed by atoms with E-state index in [1.54, 1.807) is 21.6 Å². The van der Waals surface area contributed by atoms with E-state index < -0.39 is 0 Å². The van der Waals surface area contributed by atoms with Gasteiger partial charge in [0.1, 0.15) is 12.7 Å². The van der Waals surface area contributed by atoms with Crippen molar-refractivity contribution in [2.24, 2.45) is 5.10 Å². The van der Waals surface area contributed by atoms with Crippen molar-refractivity contribution < 1.29 is 0 Å². The van der Waals surface area contributed by atoms with Crippen LogP contribution in [0.25, 0.3) is 16.6 Å². The molecule has 0 aliphatic rings. The normalized spacial score (nSPS) is 11.7. The number of benzene rings is 2. The number of fused-ring (bicyclic) bond motifs is 1. The van der Waals surface area contributed by atoms with Gasteiger partial charge in [-0.3, -0.25) is 9.36 Å². The number of anilines is 1. The molecule has 0 radical (unpaired) electrons. The average molecular weight is 373 g/mol. The van der Waals surface area contributed by atoms with Crippen LogP contribution >= 0.6 is 0 Å². The van der Waals surface area contributed by atoms with Crippen molar-refractivity contribution in [2.45, 2.75) is 20.4 Å². The summed E-state index contributed by atoms with van der Waals surface area (Å²) < 4.78 is 3.26. The van der Waals surface area contributed by atoms with Crippen molar-refractivity contribution in [1.82, 2.24) is 24.3 Å². The predicted molar refractivity (Wildman–Crippen MR) is 109 cm³/mol. The fourth-order valence-electron chi connectivity index (χ4n) is 2.94. The Labute approximate surface area is 161 Å². The first-order valence-corrected chi connectivity index (χ1v) is 8.92. The molecule has 4 aromatic rings. The van der Waals surface area contributed by atoms with Gasteiger partial charge in [-0.05, 0) is 43.7 Å². The van der Waals surface area contributed by atoms with Gasteiger partial charge < -0.3 is 0 Å². The molecule has 0 atom stereocenters. The van der Waals surface area contributed by atoms with Crippen LogP contribution in [0.3, 0.4) is 0 Å². The maximum absolute atomic E-state index is 12.7. The number of hydrazone groups is 1. The lowest BCUT2D eigenvalue weighted by molar-refractivity contribution is 0.724. The molecule has 4 rings (SSSR count). The summed E-state index contributed by atoms with van der Waals surface area (Å²) in [5, 5.41) is 9.13. The Morgan fingerprint density at radius 1 is 1.14 bits per heavy atom. The molecule has 0 amide bonds. The summed E-state index contributed by atoms with van der Waals surface area (Å²) >= 11 is 0. The van der Waals surface area contributed by atoms with E-state index in [1.165, 1.54) is 6.33 Å². The Bertz CT molecular complexity index is 1190. The Kier molecular flexibility index (Phi) is 4.67. The van der Waals surface area contributed by atoms with Gasteiger partial charge in [-0.1, -0.05) is 24.3 Å². The summed E-state index contributed by atoms with van der Waals surface area (Å²) in [5.74, 6) is 0.421. The standard InChI is InChI=1S/C20H19N7O/c1-3-26-19(28)17-6-4-5-7-18(17)23-20(26)25-24-14(2)15-8-10-16(11-9-15)27-13-21-12-22-27/h4-13H,3H2,1-2H3,(H,23,25)/b24-14-. The van der Waals surface area contributed by atoms with Crippen LogP contribution in [-0.4, -0.2) is 30.0 Å². The van der Waals surface area contributed by atoms with Gasteiger partial charge in [-0.2, -0.15) is 10.2 Å². The monoisotopic (exact) mass is 373 g/mol. The largest absolute Gasteiger partial charge is 0.277 e. The summed E-state index contributed by atoms with van der Waals surface area (Å²) in [5.41, 5.74) is 6.15. The zero-order valence-electron chi connectivity index (χ0n) is 15.6. The second-order valence-corrected chi connectivity index (χ2v) is 6.20. The molecule has 8 nitrogen and oxygen atoms in total. The van der Waals surface area contributed by atoms with E-state index in [-0.39, 0.29) is 5.56 Å².